The summed E-state index contributed by atoms with van der Waals surface area (Å²) in [6, 6.07) is 7.98. The molecule has 0 aliphatic carbocycles. The maximum atomic E-state index is 15.1. The number of nitrogens with two attached hydrogens (primary N) is 1. The molecular formula is C25H15ClFN5O5. The Balaban J connectivity index is 1.72. The van der Waals surface area contributed by atoms with E-state index in [0.717, 1.165) is 4.68 Å². The Hall–Kier alpha value is -4.90. The number of carbonyl (C=O) groups excluding carboxylic acids is 1. The van der Waals surface area contributed by atoms with E-state index in [-0.39, 0.29) is 50.3 Å². The predicted octanol–water partition coefficient (Wildman–Crippen LogP) is 4.56. The summed E-state index contributed by atoms with van der Waals surface area (Å²) in [6.07, 6.45) is 4.14. The SMILES string of the molecule is NC(=O)n1ncc2cc(Cl)c(Cn3c(C(=O)O)c(-c4ccc[nH]c4=O)c4c5occc5c(F)cc43)cc21. The number of carboxylic acid groups (broad SMARTS) is 1. The van der Waals surface area contributed by atoms with Gasteiger partial charge in [0.15, 0.2) is 0 Å². The highest BCUT2D eigenvalue weighted by Gasteiger charge is 2.29. The van der Waals surface area contributed by atoms with Crippen LogP contribution < -0.4 is 11.3 Å². The molecule has 0 fully saturated rings. The smallest absolute Gasteiger partial charge is 0.353 e. The summed E-state index contributed by atoms with van der Waals surface area (Å²) in [5, 5.41) is 15.5. The number of pyridine rings is 1. The van der Waals surface area contributed by atoms with Crippen molar-refractivity contribution in [2.75, 3.05) is 0 Å². The monoisotopic (exact) mass is 519 g/mol. The molecule has 12 heteroatoms. The van der Waals surface area contributed by atoms with Gasteiger partial charge in [0.05, 0.1) is 39.8 Å². The molecule has 4 heterocycles. The molecule has 0 saturated carbocycles. The van der Waals surface area contributed by atoms with Crippen molar-refractivity contribution < 1.29 is 23.5 Å². The first-order chi connectivity index (χ1) is 17.8. The number of hydrogen-bond acceptors (Lipinski definition) is 5. The number of amides is 1. The molecule has 0 saturated heterocycles. The summed E-state index contributed by atoms with van der Waals surface area (Å²) in [7, 11) is 0. The number of H-pyrrole nitrogens is 1. The molecule has 4 N–H and O–H groups in total. The van der Waals surface area contributed by atoms with Gasteiger partial charge in [-0.2, -0.15) is 9.78 Å². The van der Waals surface area contributed by atoms with Crippen molar-refractivity contribution >= 4 is 56.4 Å². The van der Waals surface area contributed by atoms with Gasteiger partial charge in [0.2, 0.25) is 0 Å². The van der Waals surface area contributed by atoms with Crippen LogP contribution >= 0.6 is 11.6 Å². The fraction of sp³-hybridized carbons (Fsp3) is 0.0400. The van der Waals surface area contributed by atoms with Gasteiger partial charge in [-0.05, 0) is 42.0 Å². The van der Waals surface area contributed by atoms with Crippen molar-refractivity contribution in [2.45, 2.75) is 6.54 Å². The van der Waals surface area contributed by atoms with Crippen LogP contribution in [0.1, 0.15) is 16.1 Å². The summed E-state index contributed by atoms with van der Waals surface area (Å²) in [4.78, 5) is 39.8. The van der Waals surface area contributed by atoms with E-state index in [2.05, 4.69) is 10.1 Å². The molecule has 37 heavy (non-hydrogen) atoms. The van der Waals surface area contributed by atoms with Gasteiger partial charge in [-0.3, -0.25) is 4.79 Å². The van der Waals surface area contributed by atoms with Crippen LogP contribution in [0.15, 0.2) is 64.3 Å². The van der Waals surface area contributed by atoms with Crippen LogP contribution in [0, 0.1) is 5.82 Å². The Morgan fingerprint density at radius 3 is 2.76 bits per heavy atom. The van der Waals surface area contributed by atoms with E-state index in [1.54, 1.807) is 18.2 Å². The van der Waals surface area contributed by atoms with Crippen molar-refractivity contribution in [3.63, 3.8) is 0 Å². The third kappa shape index (κ3) is 3.32. The average molecular weight is 520 g/mol. The van der Waals surface area contributed by atoms with Crippen molar-refractivity contribution in [3.05, 3.63) is 87.5 Å². The number of aromatic carboxylic acids is 1. The zero-order valence-corrected chi connectivity index (χ0v) is 19.4. The zero-order chi connectivity index (χ0) is 26.0. The topological polar surface area (TPSA) is 149 Å². The molecule has 0 aliphatic rings. The molecule has 0 spiro atoms. The van der Waals surface area contributed by atoms with Crippen molar-refractivity contribution in [3.8, 4) is 11.1 Å². The number of aromatic nitrogens is 4. The molecular weight excluding hydrogens is 505 g/mol. The van der Waals surface area contributed by atoms with E-state index < -0.39 is 23.4 Å². The van der Waals surface area contributed by atoms with Crippen molar-refractivity contribution in [1.29, 1.82) is 0 Å². The summed E-state index contributed by atoms with van der Waals surface area (Å²) in [5.74, 6) is -1.98. The Labute approximate surface area is 210 Å². The summed E-state index contributed by atoms with van der Waals surface area (Å²) >= 11 is 6.52. The van der Waals surface area contributed by atoms with Gasteiger partial charge < -0.3 is 24.8 Å². The van der Waals surface area contributed by atoms with Crippen LogP contribution in [-0.4, -0.2) is 36.4 Å². The lowest BCUT2D eigenvalue weighted by Gasteiger charge is -2.12. The molecule has 184 valence electrons. The molecule has 1 amide bonds. The molecule has 10 nitrogen and oxygen atoms in total. The van der Waals surface area contributed by atoms with E-state index in [0.29, 0.717) is 16.5 Å². The number of primary amides is 1. The van der Waals surface area contributed by atoms with Gasteiger partial charge in [0.25, 0.3) is 5.56 Å². The van der Waals surface area contributed by atoms with Crippen LogP contribution in [0.25, 0.3) is 43.9 Å². The minimum absolute atomic E-state index is 0.0707. The molecule has 6 rings (SSSR count). The fourth-order valence-corrected chi connectivity index (χ4v) is 4.96. The second-order valence-electron chi connectivity index (χ2n) is 8.34. The molecule has 6 aromatic rings. The summed E-state index contributed by atoms with van der Waals surface area (Å²) in [5.41, 5.74) is 5.79. The number of benzene rings is 2. The van der Waals surface area contributed by atoms with E-state index in [1.807, 2.05) is 0 Å². The van der Waals surface area contributed by atoms with Gasteiger partial charge >= 0.3 is 12.0 Å². The maximum absolute atomic E-state index is 15.1. The van der Waals surface area contributed by atoms with Gasteiger partial charge in [-0.25, -0.2) is 14.0 Å². The Kier molecular flexibility index (Phi) is 4.92. The van der Waals surface area contributed by atoms with Crippen LogP contribution in [0.3, 0.4) is 0 Å². The first kappa shape index (κ1) is 22.6. The number of carboxylic acids is 1. The third-order valence-electron chi connectivity index (χ3n) is 6.28. The van der Waals surface area contributed by atoms with Crippen molar-refractivity contribution in [2.24, 2.45) is 5.73 Å². The number of carbonyl (C=O) groups is 2. The minimum Gasteiger partial charge on any atom is -0.477 e. The molecule has 0 aliphatic heterocycles. The Morgan fingerprint density at radius 1 is 1.22 bits per heavy atom. The lowest BCUT2D eigenvalue weighted by Crippen LogP contribution is -2.20. The standard InChI is InChI=1S/C25H15ClFN5O5/c26-15-6-11-9-30-32(25(28)36)17(11)7-12(15)10-31-18-8-16(27)13-3-5-37-22(13)20(18)19(21(31)24(34)35)14-2-1-4-29-23(14)33/h1-9H,10H2,(H2,28,36)(H,29,33)(H,34,35). The van der Waals surface area contributed by atoms with Gasteiger partial charge in [-0.1, -0.05) is 11.6 Å². The van der Waals surface area contributed by atoms with Crippen LogP contribution in [0.2, 0.25) is 5.02 Å². The fourth-order valence-electron chi connectivity index (χ4n) is 4.73. The maximum Gasteiger partial charge on any atom is 0.353 e. The van der Waals surface area contributed by atoms with E-state index in [4.69, 9.17) is 21.8 Å². The van der Waals surface area contributed by atoms with Gasteiger partial charge in [-0.15, -0.1) is 0 Å². The Morgan fingerprint density at radius 2 is 2.03 bits per heavy atom. The lowest BCUT2D eigenvalue weighted by molar-refractivity contribution is 0.0687. The summed E-state index contributed by atoms with van der Waals surface area (Å²) in [6.45, 7) is -0.146. The average Bonchev–Trinajstić information content (AvgIpc) is 3.56. The molecule has 0 unspecified atom stereocenters. The number of halogens is 2. The van der Waals surface area contributed by atoms with Crippen LogP contribution in [0.4, 0.5) is 9.18 Å². The quantitative estimate of drug-likeness (QED) is 0.311. The van der Waals surface area contributed by atoms with Crippen LogP contribution in [0.5, 0.6) is 0 Å². The number of aromatic amines is 1. The second-order valence-corrected chi connectivity index (χ2v) is 8.75. The first-order valence-corrected chi connectivity index (χ1v) is 11.2. The highest BCUT2D eigenvalue weighted by molar-refractivity contribution is 6.32. The van der Waals surface area contributed by atoms with Gasteiger partial charge in [0, 0.05) is 28.7 Å². The molecule has 0 radical (unpaired) electrons. The van der Waals surface area contributed by atoms with Gasteiger partial charge in [0.1, 0.15) is 17.1 Å². The second kappa shape index (κ2) is 8.07. The number of hydrogen-bond donors (Lipinski definition) is 3. The molecule has 0 bridgehead atoms. The van der Waals surface area contributed by atoms with Crippen molar-refractivity contribution in [1.82, 2.24) is 19.3 Å². The molecule has 2 aromatic carbocycles. The number of fused-ring (bicyclic) bond motifs is 4. The van der Waals surface area contributed by atoms with E-state index >= 15 is 4.39 Å². The zero-order valence-electron chi connectivity index (χ0n) is 18.7. The normalized spacial score (nSPS) is 11.6. The number of rotatable bonds is 4. The highest BCUT2D eigenvalue weighted by Crippen LogP contribution is 2.40. The van der Waals surface area contributed by atoms with E-state index in [9.17, 15) is 19.5 Å². The largest absolute Gasteiger partial charge is 0.477 e. The van der Waals surface area contributed by atoms with Crippen LogP contribution in [-0.2, 0) is 6.54 Å². The van der Waals surface area contributed by atoms with E-state index in [1.165, 1.54) is 41.4 Å². The lowest BCUT2D eigenvalue weighted by atomic mass is 10.0. The predicted molar refractivity (Wildman–Crippen MR) is 134 cm³/mol. The highest BCUT2D eigenvalue weighted by atomic mass is 35.5. The molecule has 4 aromatic heterocycles. The Bertz CT molecular complexity index is 1980. The minimum atomic E-state index is -1.35. The number of furan rings is 1. The molecule has 0 atom stereocenters. The number of nitrogens with zero attached hydrogens (tertiary/aromatic N) is 3. The summed E-state index contributed by atoms with van der Waals surface area (Å²) < 4.78 is 23.0. The first-order valence-electron chi connectivity index (χ1n) is 10.9. The third-order valence-corrected chi connectivity index (χ3v) is 6.63. The number of nitrogens with one attached hydrogen (secondary N) is 1.